The fourth-order valence-electron chi connectivity index (χ4n) is 2.31. The number of anilines is 1. The highest BCUT2D eigenvalue weighted by Crippen LogP contribution is 2.25. The molecule has 0 aliphatic carbocycles. The van der Waals surface area contributed by atoms with Gasteiger partial charge in [-0.05, 0) is 25.3 Å². The molecule has 2 rings (SSSR count). The van der Waals surface area contributed by atoms with Gasteiger partial charge in [-0.1, -0.05) is 0 Å². The lowest BCUT2D eigenvalue weighted by Crippen LogP contribution is -2.40. The first-order chi connectivity index (χ1) is 8.61. The highest BCUT2D eigenvalue weighted by atomic mass is 16.6. The van der Waals surface area contributed by atoms with E-state index in [-0.39, 0.29) is 11.8 Å². The second kappa shape index (κ2) is 5.30. The van der Waals surface area contributed by atoms with Crippen molar-refractivity contribution in [3.8, 4) is 0 Å². The third-order valence-electron chi connectivity index (χ3n) is 3.26. The van der Waals surface area contributed by atoms with Crippen molar-refractivity contribution in [2.24, 2.45) is 0 Å². The van der Waals surface area contributed by atoms with E-state index in [2.05, 4.69) is 9.88 Å². The molecule has 1 fully saturated rings. The summed E-state index contributed by atoms with van der Waals surface area (Å²) in [7, 11) is 1.71. The fraction of sp³-hybridized carbons (Fsp3) is 0.583. The Morgan fingerprint density at radius 2 is 2.39 bits per heavy atom. The highest BCUT2D eigenvalue weighted by Gasteiger charge is 2.22. The van der Waals surface area contributed by atoms with Crippen LogP contribution in [0.4, 0.5) is 11.5 Å². The van der Waals surface area contributed by atoms with Crippen molar-refractivity contribution in [1.82, 2.24) is 4.98 Å². The maximum atomic E-state index is 10.7. The van der Waals surface area contributed by atoms with Crippen molar-refractivity contribution in [3.05, 3.63) is 27.9 Å². The Kier molecular flexibility index (Phi) is 3.76. The van der Waals surface area contributed by atoms with Gasteiger partial charge in [0.1, 0.15) is 12.0 Å². The first-order valence-corrected chi connectivity index (χ1v) is 6.00. The number of hydrogen-bond acceptors (Lipinski definition) is 5. The molecule has 0 unspecified atom stereocenters. The summed E-state index contributed by atoms with van der Waals surface area (Å²) in [6.07, 6.45) is 3.64. The predicted octanol–water partition coefficient (Wildman–Crippen LogP) is 1.91. The summed E-state index contributed by atoms with van der Waals surface area (Å²) in [6, 6.07) is 1.57. The summed E-state index contributed by atoms with van der Waals surface area (Å²) in [5.41, 5.74) is 0.873. The second-order valence-corrected chi connectivity index (χ2v) is 4.54. The van der Waals surface area contributed by atoms with E-state index in [1.165, 1.54) is 6.20 Å². The van der Waals surface area contributed by atoms with E-state index in [1.54, 1.807) is 13.2 Å². The maximum Gasteiger partial charge on any atom is 0.287 e. The van der Waals surface area contributed by atoms with Gasteiger partial charge in [0.05, 0.1) is 11.0 Å². The third-order valence-corrected chi connectivity index (χ3v) is 3.26. The molecule has 0 bridgehead atoms. The van der Waals surface area contributed by atoms with Gasteiger partial charge in [-0.3, -0.25) is 10.1 Å². The molecule has 6 nitrogen and oxygen atoms in total. The molecule has 0 spiro atoms. The molecule has 1 aromatic rings. The van der Waals surface area contributed by atoms with Crippen LogP contribution in [0, 0.1) is 17.0 Å². The molecule has 18 heavy (non-hydrogen) atoms. The summed E-state index contributed by atoms with van der Waals surface area (Å²) >= 11 is 0. The first-order valence-electron chi connectivity index (χ1n) is 6.00. The second-order valence-electron chi connectivity index (χ2n) is 4.54. The number of aryl methyl sites for hydroxylation is 1. The van der Waals surface area contributed by atoms with Crippen molar-refractivity contribution in [2.45, 2.75) is 25.9 Å². The van der Waals surface area contributed by atoms with Crippen LogP contribution in [0.1, 0.15) is 18.4 Å². The molecule has 1 aliphatic heterocycles. The van der Waals surface area contributed by atoms with Crippen molar-refractivity contribution in [3.63, 3.8) is 0 Å². The molecule has 0 radical (unpaired) electrons. The number of rotatable bonds is 3. The van der Waals surface area contributed by atoms with Crippen LogP contribution >= 0.6 is 0 Å². The van der Waals surface area contributed by atoms with Gasteiger partial charge in [0.15, 0.2) is 0 Å². The molecule has 1 aromatic heterocycles. The van der Waals surface area contributed by atoms with E-state index in [1.807, 2.05) is 6.92 Å². The quantitative estimate of drug-likeness (QED) is 0.606. The Morgan fingerprint density at radius 3 is 3.00 bits per heavy atom. The molecule has 0 aromatic carbocycles. The maximum absolute atomic E-state index is 10.7. The van der Waals surface area contributed by atoms with Crippen molar-refractivity contribution in [2.75, 3.05) is 25.1 Å². The van der Waals surface area contributed by atoms with Crippen molar-refractivity contribution < 1.29 is 9.66 Å². The molecule has 98 valence electrons. The van der Waals surface area contributed by atoms with E-state index in [0.29, 0.717) is 0 Å². The summed E-state index contributed by atoms with van der Waals surface area (Å²) in [5.74, 6) is 0.822. The first kappa shape index (κ1) is 12.8. The van der Waals surface area contributed by atoms with Gasteiger partial charge in [-0.25, -0.2) is 4.98 Å². The average Bonchev–Trinajstić information content (AvgIpc) is 2.38. The smallest absolute Gasteiger partial charge is 0.287 e. The van der Waals surface area contributed by atoms with Crippen LogP contribution in [-0.2, 0) is 4.74 Å². The van der Waals surface area contributed by atoms with E-state index in [9.17, 15) is 10.1 Å². The minimum Gasteiger partial charge on any atom is -0.380 e. The summed E-state index contributed by atoms with van der Waals surface area (Å²) in [4.78, 5) is 16.6. The number of ether oxygens (including phenoxy) is 1. The number of nitro groups is 1. The third kappa shape index (κ3) is 2.59. The molecule has 0 saturated carbocycles. The molecule has 0 amide bonds. The van der Waals surface area contributed by atoms with E-state index in [4.69, 9.17) is 4.74 Å². The Labute approximate surface area is 106 Å². The molecular formula is C12H17N3O3. The lowest BCUT2D eigenvalue weighted by molar-refractivity contribution is -0.385. The van der Waals surface area contributed by atoms with Gasteiger partial charge in [-0.2, -0.15) is 0 Å². The largest absolute Gasteiger partial charge is 0.380 e. The summed E-state index contributed by atoms with van der Waals surface area (Å²) < 4.78 is 5.37. The molecule has 1 atom stereocenters. The van der Waals surface area contributed by atoms with Crippen LogP contribution in [0.2, 0.25) is 0 Å². The summed E-state index contributed by atoms with van der Waals surface area (Å²) in [5, 5.41) is 10.7. The van der Waals surface area contributed by atoms with Crippen LogP contribution in [0.3, 0.4) is 0 Å². The SMILES string of the molecule is CO[C@H]1CCCN(c2ncc([N+](=O)[O-])cc2C)C1. The number of piperidine rings is 1. The van der Waals surface area contributed by atoms with E-state index < -0.39 is 4.92 Å². The topological polar surface area (TPSA) is 68.5 Å². The zero-order valence-corrected chi connectivity index (χ0v) is 10.6. The summed E-state index contributed by atoms with van der Waals surface area (Å²) in [6.45, 7) is 3.57. The lowest BCUT2D eigenvalue weighted by atomic mass is 10.1. The van der Waals surface area contributed by atoms with E-state index in [0.717, 1.165) is 37.3 Å². The lowest BCUT2D eigenvalue weighted by Gasteiger charge is -2.33. The van der Waals surface area contributed by atoms with Crippen LogP contribution in [0.25, 0.3) is 0 Å². The number of aromatic nitrogens is 1. The average molecular weight is 251 g/mol. The molecule has 2 heterocycles. The number of methoxy groups -OCH3 is 1. The Balaban J connectivity index is 2.20. The Hall–Kier alpha value is -1.69. The molecular weight excluding hydrogens is 234 g/mol. The van der Waals surface area contributed by atoms with E-state index >= 15 is 0 Å². The zero-order valence-electron chi connectivity index (χ0n) is 10.6. The Bertz CT molecular complexity index is 450. The molecule has 1 saturated heterocycles. The van der Waals surface area contributed by atoms with Crippen molar-refractivity contribution in [1.29, 1.82) is 0 Å². The fourth-order valence-corrected chi connectivity index (χ4v) is 2.31. The number of hydrogen-bond donors (Lipinski definition) is 0. The zero-order chi connectivity index (χ0) is 13.1. The van der Waals surface area contributed by atoms with Crippen LogP contribution in [0.5, 0.6) is 0 Å². The monoisotopic (exact) mass is 251 g/mol. The minimum absolute atomic E-state index is 0.0385. The number of nitrogens with zero attached hydrogens (tertiary/aromatic N) is 3. The molecule has 0 N–H and O–H groups in total. The van der Waals surface area contributed by atoms with Gasteiger partial charge in [0.25, 0.3) is 5.69 Å². The molecule has 6 heteroatoms. The van der Waals surface area contributed by atoms with Crippen molar-refractivity contribution >= 4 is 11.5 Å². The predicted molar refractivity (Wildman–Crippen MR) is 67.9 cm³/mol. The van der Waals surface area contributed by atoms with Gasteiger partial charge < -0.3 is 9.64 Å². The van der Waals surface area contributed by atoms with Crippen LogP contribution < -0.4 is 4.90 Å². The van der Waals surface area contributed by atoms with Gasteiger partial charge in [0.2, 0.25) is 0 Å². The Morgan fingerprint density at radius 1 is 1.61 bits per heavy atom. The van der Waals surface area contributed by atoms with Crippen LogP contribution in [-0.4, -0.2) is 36.2 Å². The van der Waals surface area contributed by atoms with Gasteiger partial charge in [-0.15, -0.1) is 0 Å². The normalized spacial score (nSPS) is 19.9. The standard InChI is InChI=1S/C12H17N3O3/c1-9-6-10(15(16)17)7-13-12(9)14-5-3-4-11(8-14)18-2/h6-7,11H,3-5,8H2,1-2H3/t11-/m0/s1. The highest BCUT2D eigenvalue weighted by molar-refractivity contribution is 5.50. The van der Waals surface area contributed by atoms with Crippen LogP contribution in [0.15, 0.2) is 12.3 Å². The minimum atomic E-state index is -0.419. The van der Waals surface area contributed by atoms with Gasteiger partial charge >= 0.3 is 0 Å². The number of pyridine rings is 1. The van der Waals surface area contributed by atoms with Gasteiger partial charge in [0, 0.05) is 26.3 Å². The molecule has 1 aliphatic rings.